The van der Waals surface area contributed by atoms with Crippen LogP contribution in [0.1, 0.15) is 51.9 Å². The lowest BCUT2D eigenvalue weighted by atomic mass is 9.83. The molecule has 0 saturated heterocycles. The van der Waals surface area contributed by atoms with E-state index in [4.69, 9.17) is 9.84 Å². The number of unbranched alkanes of at least 4 members (excludes halogenated alkanes) is 1. The molecule has 0 aliphatic heterocycles. The summed E-state index contributed by atoms with van der Waals surface area (Å²) >= 11 is 0. The number of ether oxygens (including phenoxy) is 1. The molecule has 1 atom stereocenters. The number of carboxylic acid groups (broad SMARTS) is 1. The van der Waals surface area contributed by atoms with Crippen molar-refractivity contribution in [2.45, 2.75) is 58.0 Å². The Morgan fingerprint density at radius 3 is 2.73 bits per heavy atom. The molecule has 0 aromatic rings. The van der Waals surface area contributed by atoms with E-state index in [0.29, 0.717) is 13.0 Å². The smallest absolute Gasteiger partial charge is 0.332 e. The van der Waals surface area contributed by atoms with Crippen LogP contribution < -0.4 is 0 Å². The molecular formula is C12H22O3. The highest BCUT2D eigenvalue weighted by Crippen LogP contribution is 2.29. The third kappa shape index (κ3) is 4.65. The highest BCUT2D eigenvalue weighted by atomic mass is 16.5. The maximum Gasteiger partial charge on any atom is 0.332 e. The second-order valence-corrected chi connectivity index (χ2v) is 4.43. The Labute approximate surface area is 91.8 Å². The molecule has 88 valence electrons. The fourth-order valence-electron chi connectivity index (χ4n) is 1.83. The predicted molar refractivity (Wildman–Crippen MR) is 58.9 cm³/mol. The van der Waals surface area contributed by atoms with E-state index in [0.717, 1.165) is 25.2 Å². The number of carboxylic acids is 1. The van der Waals surface area contributed by atoms with Crippen molar-refractivity contribution in [3.63, 3.8) is 0 Å². The molecule has 1 rings (SSSR count). The molecule has 0 spiro atoms. The molecule has 1 fully saturated rings. The molecule has 0 radical (unpaired) electrons. The monoisotopic (exact) mass is 214 g/mol. The van der Waals surface area contributed by atoms with Gasteiger partial charge in [0.1, 0.15) is 0 Å². The standard InChI is InChI=1S/C12H22O3/c1-2-3-7-11(12(13)14)15-9-8-10-5-4-6-10/h10-11H,2-9H2,1H3,(H,13,14). The summed E-state index contributed by atoms with van der Waals surface area (Å²) in [5, 5.41) is 8.91. The average molecular weight is 214 g/mol. The van der Waals surface area contributed by atoms with Gasteiger partial charge in [0.25, 0.3) is 0 Å². The van der Waals surface area contributed by atoms with Crippen molar-refractivity contribution in [1.82, 2.24) is 0 Å². The van der Waals surface area contributed by atoms with Crippen LogP contribution in [0.3, 0.4) is 0 Å². The lowest BCUT2D eigenvalue weighted by molar-refractivity contribution is -0.151. The Bertz CT molecular complexity index is 187. The molecule has 3 heteroatoms. The average Bonchev–Trinajstić information content (AvgIpc) is 2.13. The first-order valence-electron chi connectivity index (χ1n) is 6.08. The lowest BCUT2D eigenvalue weighted by Gasteiger charge is -2.25. The van der Waals surface area contributed by atoms with Crippen LogP contribution in [0.5, 0.6) is 0 Å². The van der Waals surface area contributed by atoms with E-state index >= 15 is 0 Å². The molecule has 0 heterocycles. The first-order valence-corrected chi connectivity index (χ1v) is 6.08. The number of hydrogen-bond acceptors (Lipinski definition) is 2. The zero-order valence-corrected chi connectivity index (χ0v) is 9.58. The molecular weight excluding hydrogens is 192 g/mol. The van der Waals surface area contributed by atoms with Crippen LogP contribution in [-0.2, 0) is 9.53 Å². The van der Waals surface area contributed by atoms with E-state index in [1.165, 1.54) is 19.3 Å². The van der Waals surface area contributed by atoms with Gasteiger partial charge < -0.3 is 9.84 Å². The Kier molecular flexibility index (Phi) is 5.69. The summed E-state index contributed by atoms with van der Waals surface area (Å²) in [5.74, 6) is -0.0114. The van der Waals surface area contributed by atoms with Gasteiger partial charge >= 0.3 is 5.97 Å². The van der Waals surface area contributed by atoms with Gasteiger partial charge in [-0.2, -0.15) is 0 Å². The highest BCUT2D eigenvalue weighted by molar-refractivity contribution is 5.72. The van der Waals surface area contributed by atoms with Gasteiger partial charge in [0, 0.05) is 6.61 Å². The van der Waals surface area contributed by atoms with E-state index in [1.54, 1.807) is 0 Å². The van der Waals surface area contributed by atoms with Gasteiger partial charge in [0.2, 0.25) is 0 Å². The summed E-state index contributed by atoms with van der Waals surface area (Å²) in [6.45, 7) is 2.68. The maximum atomic E-state index is 10.8. The van der Waals surface area contributed by atoms with E-state index in [9.17, 15) is 4.79 Å². The third-order valence-electron chi connectivity index (χ3n) is 3.17. The van der Waals surface area contributed by atoms with Crippen LogP contribution in [0.25, 0.3) is 0 Å². The van der Waals surface area contributed by atoms with E-state index in [2.05, 4.69) is 6.92 Å². The largest absolute Gasteiger partial charge is 0.479 e. The summed E-state index contributed by atoms with van der Waals surface area (Å²) in [6, 6.07) is 0. The second-order valence-electron chi connectivity index (χ2n) is 4.43. The Morgan fingerprint density at radius 1 is 1.53 bits per heavy atom. The van der Waals surface area contributed by atoms with Gasteiger partial charge in [-0.25, -0.2) is 4.79 Å². The minimum Gasteiger partial charge on any atom is -0.479 e. The topological polar surface area (TPSA) is 46.5 Å². The van der Waals surface area contributed by atoms with E-state index in [-0.39, 0.29) is 0 Å². The third-order valence-corrected chi connectivity index (χ3v) is 3.17. The molecule has 0 aromatic carbocycles. The molecule has 1 N–H and O–H groups in total. The fourth-order valence-corrected chi connectivity index (χ4v) is 1.83. The normalized spacial score (nSPS) is 18.5. The van der Waals surface area contributed by atoms with E-state index < -0.39 is 12.1 Å². The lowest BCUT2D eigenvalue weighted by Crippen LogP contribution is -2.25. The molecule has 3 nitrogen and oxygen atoms in total. The second kappa shape index (κ2) is 6.83. The summed E-state index contributed by atoms with van der Waals surface area (Å²) in [4.78, 5) is 10.8. The van der Waals surface area contributed by atoms with Gasteiger partial charge in [-0.05, 0) is 18.8 Å². The molecule has 1 aliphatic carbocycles. The van der Waals surface area contributed by atoms with Crippen molar-refractivity contribution in [1.29, 1.82) is 0 Å². The number of rotatable bonds is 8. The van der Waals surface area contributed by atoms with Crippen molar-refractivity contribution in [2.24, 2.45) is 5.92 Å². The summed E-state index contributed by atoms with van der Waals surface area (Å²) in [7, 11) is 0. The Morgan fingerprint density at radius 2 is 2.27 bits per heavy atom. The summed E-state index contributed by atoms with van der Waals surface area (Å²) in [5.41, 5.74) is 0. The van der Waals surface area contributed by atoms with Gasteiger partial charge in [-0.1, -0.05) is 39.0 Å². The molecule has 0 bridgehead atoms. The van der Waals surface area contributed by atoms with Crippen LogP contribution in [0, 0.1) is 5.92 Å². The van der Waals surface area contributed by atoms with Crippen LogP contribution in [0.2, 0.25) is 0 Å². The van der Waals surface area contributed by atoms with Crippen molar-refractivity contribution < 1.29 is 14.6 Å². The van der Waals surface area contributed by atoms with E-state index in [1.807, 2.05) is 0 Å². The SMILES string of the molecule is CCCCC(OCCC1CCC1)C(=O)O. The summed E-state index contributed by atoms with van der Waals surface area (Å²) < 4.78 is 5.41. The minimum absolute atomic E-state index is 0.579. The molecule has 1 unspecified atom stereocenters. The molecule has 0 amide bonds. The van der Waals surface area contributed by atoms with Crippen LogP contribution in [0.15, 0.2) is 0 Å². The van der Waals surface area contributed by atoms with Gasteiger partial charge in [0.05, 0.1) is 0 Å². The van der Waals surface area contributed by atoms with Gasteiger partial charge in [0.15, 0.2) is 6.10 Å². The first kappa shape index (κ1) is 12.5. The highest BCUT2D eigenvalue weighted by Gasteiger charge is 2.20. The maximum absolute atomic E-state index is 10.8. The Hall–Kier alpha value is -0.570. The Balaban J connectivity index is 2.09. The van der Waals surface area contributed by atoms with Gasteiger partial charge in [-0.15, -0.1) is 0 Å². The van der Waals surface area contributed by atoms with Gasteiger partial charge in [-0.3, -0.25) is 0 Å². The quantitative estimate of drug-likeness (QED) is 0.675. The summed E-state index contributed by atoms with van der Waals surface area (Å²) in [6.07, 6.45) is 7.00. The van der Waals surface area contributed by atoms with Crippen LogP contribution >= 0.6 is 0 Å². The van der Waals surface area contributed by atoms with Crippen molar-refractivity contribution >= 4 is 5.97 Å². The first-order chi connectivity index (χ1) is 7.24. The zero-order chi connectivity index (χ0) is 11.1. The van der Waals surface area contributed by atoms with Crippen molar-refractivity contribution in [2.75, 3.05) is 6.61 Å². The number of aliphatic carboxylic acids is 1. The fraction of sp³-hybridized carbons (Fsp3) is 0.917. The van der Waals surface area contributed by atoms with Crippen molar-refractivity contribution in [3.8, 4) is 0 Å². The predicted octanol–water partition coefficient (Wildman–Crippen LogP) is 2.84. The molecule has 0 aromatic heterocycles. The molecule has 1 saturated carbocycles. The minimum atomic E-state index is -0.808. The van der Waals surface area contributed by atoms with Crippen LogP contribution in [0.4, 0.5) is 0 Å². The molecule has 1 aliphatic rings. The zero-order valence-electron chi connectivity index (χ0n) is 9.58. The number of hydrogen-bond donors (Lipinski definition) is 1. The number of carbonyl (C=O) groups is 1. The van der Waals surface area contributed by atoms with Crippen molar-refractivity contribution in [3.05, 3.63) is 0 Å². The molecule has 15 heavy (non-hydrogen) atoms. The van der Waals surface area contributed by atoms with Crippen LogP contribution in [-0.4, -0.2) is 23.8 Å².